The summed E-state index contributed by atoms with van der Waals surface area (Å²) in [5, 5.41) is 0. The molecular weight excluding hydrogens is 418 g/mol. The number of benzene rings is 1. The fraction of sp³-hybridized carbons (Fsp3) is 0.286. The normalized spacial score (nSPS) is 12.5. The van der Waals surface area contributed by atoms with Crippen LogP contribution in [0.5, 0.6) is 0 Å². The van der Waals surface area contributed by atoms with E-state index in [2.05, 4.69) is 49.4 Å². The van der Waals surface area contributed by atoms with Crippen molar-refractivity contribution in [3.8, 4) is 0 Å². The molecule has 0 fully saturated rings. The van der Waals surface area contributed by atoms with Gasteiger partial charge in [0.05, 0.1) is 0 Å². The van der Waals surface area contributed by atoms with Crippen LogP contribution in [0.3, 0.4) is 0 Å². The Labute approximate surface area is 135 Å². The number of hydrogen-bond acceptors (Lipinski definition) is 0. The van der Waals surface area contributed by atoms with Gasteiger partial charge in [-0.2, -0.15) is 0 Å². The van der Waals surface area contributed by atoms with Gasteiger partial charge in [-0.25, -0.2) is 11.6 Å². The third kappa shape index (κ3) is 5.54. The van der Waals surface area contributed by atoms with Crippen molar-refractivity contribution in [2.75, 3.05) is 0 Å². The molecule has 0 N–H and O–H groups in total. The van der Waals surface area contributed by atoms with E-state index in [9.17, 15) is 0 Å². The van der Waals surface area contributed by atoms with Gasteiger partial charge >= 0.3 is 0 Å². The molecule has 1 aromatic rings. The van der Waals surface area contributed by atoms with E-state index < -0.39 is 0 Å². The summed E-state index contributed by atoms with van der Waals surface area (Å²) >= 11 is 0. The second kappa shape index (κ2) is 10.1. The molecule has 0 unspecified atom stereocenters. The average Bonchev–Trinajstić information content (AvgIpc) is 2.68. The molecule has 0 nitrogen and oxygen atoms in total. The summed E-state index contributed by atoms with van der Waals surface area (Å²) < 4.78 is 0. The first kappa shape index (κ1) is 19.5. The van der Waals surface area contributed by atoms with Crippen molar-refractivity contribution in [2.45, 2.75) is 26.2 Å². The summed E-state index contributed by atoms with van der Waals surface area (Å²) in [5.41, 5.74) is 4.13. The Kier molecular flexibility index (Phi) is 11.6. The Hall–Kier alpha value is 0.150. The van der Waals surface area contributed by atoms with Gasteiger partial charge in [0.2, 0.25) is 0 Å². The molecule has 0 heterocycles. The number of rotatable bonds is 3. The predicted octanol–water partition coefficient (Wildman–Crippen LogP) is 4.84. The second-order valence-corrected chi connectivity index (χ2v) is 3.66. The average molecular weight is 435 g/mol. The van der Waals surface area contributed by atoms with Crippen molar-refractivity contribution in [1.29, 1.82) is 0 Å². The molecule has 17 heavy (non-hydrogen) atoms. The van der Waals surface area contributed by atoms with E-state index in [-0.39, 0.29) is 50.7 Å². The Morgan fingerprint density at radius 3 is 2.35 bits per heavy atom. The monoisotopic (exact) mass is 435 g/mol. The molecule has 92 valence electrons. The van der Waals surface area contributed by atoms with Crippen LogP contribution in [-0.2, 0) is 25.8 Å². The van der Waals surface area contributed by atoms with Gasteiger partial charge in [0.25, 0.3) is 0 Å². The summed E-state index contributed by atoms with van der Waals surface area (Å²) in [4.78, 5) is 0. The number of hydrogen-bond donors (Lipinski definition) is 0. The maximum atomic E-state index is 3.43. The van der Waals surface area contributed by atoms with Crippen molar-refractivity contribution in [2.24, 2.45) is 0 Å². The van der Waals surface area contributed by atoms with Crippen LogP contribution in [0.2, 0.25) is 0 Å². The molecule has 3 heteroatoms. The minimum atomic E-state index is 0. The van der Waals surface area contributed by atoms with Crippen LogP contribution in [0, 0.1) is 6.08 Å². The van der Waals surface area contributed by atoms with Crippen LogP contribution in [0.4, 0.5) is 0 Å². The van der Waals surface area contributed by atoms with E-state index in [1.165, 1.54) is 23.1 Å². The van der Waals surface area contributed by atoms with Gasteiger partial charge < -0.3 is 0 Å². The van der Waals surface area contributed by atoms with E-state index in [0.29, 0.717) is 0 Å². The molecule has 0 atom stereocenters. The molecule has 0 spiro atoms. The van der Waals surface area contributed by atoms with E-state index >= 15 is 0 Å². The van der Waals surface area contributed by atoms with Crippen LogP contribution in [0.25, 0.3) is 5.57 Å². The Balaban J connectivity index is 0. The summed E-state index contributed by atoms with van der Waals surface area (Å²) in [6.45, 7) is 2.21. The molecule has 0 aliphatic heterocycles. The first-order chi connectivity index (χ1) is 6.90. The molecular formula is C14H17Cl2Hf-. The van der Waals surface area contributed by atoms with Crippen molar-refractivity contribution in [1.82, 2.24) is 0 Å². The van der Waals surface area contributed by atoms with Gasteiger partial charge in [0.15, 0.2) is 0 Å². The topological polar surface area (TPSA) is 0 Å². The smallest absolute Gasteiger partial charge is 0 e. The zero-order valence-corrected chi connectivity index (χ0v) is 15.1. The molecule has 2 rings (SSSR count). The molecule has 0 aromatic heterocycles. The molecule has 0 amide bonds. The molecule has 1 aliphatic carbocycles. The van der Waals surface area contributed by atoms with Gasteiger partial charge in [-0.15, -0.1) is 36.8 Å². The van der Waals surface area contributed by atoms with Crippen LogP contribution in [-0.4, -0.2) is 0 Å². The summed E-state index contributed by atoms with van der Waals surface area (Å²) in [5.74, 6) is 0. The maximum Gasteiger partial charge on any atom is 0 e. The van der Waals surface area contributed by atoms with E-state index in [1.807, 2.05) is 0 Å². The zero-order chi connectivity index (χ0) is 9.80. The molecule has 0 saturated carbocycles. The summed E-state index contributed by atoms with van der Waals surface area (Å²) in [7, 11) is 0. The quantitative estimate of drug-likeness (QED) is 0.471. The molecule has 0 bridgehead atoms. The molecule has 0 radical (unpaired) electrons. The number of halogens is 2. The SMILES string of the molecule is CCCC1=[C-]CC(c2ccccc2)=C1.Cl.Cl.[Hf]. The Bertz CT molecular complexity index is 369. The van der Waals surface area contributed by atoms with Crippen molar-refractivity contribution in [3.05, 3.63) is 53.6 Å². The zero-order valence-electron chi connectivity index (χ0n) is 9.90. The van der Waals surface area contributed by atoms with Gasteiger partial charge in [-0.1, -0.05) is 50.1 Å². The van der Waals surface area contributed by atoms with E-state index in [0.717, 1.165) is 12.8 Å². The molecule has 1 aliphatic rings. The maximum absolute atomic E-state index is 3.43. The fourth-order valence-electron chi connectivity index (χ4n) is 1.79. The van der Waals surface area contributed by atoms with Crippen LogP contribution < -0.4 is 0 Å². The summed E-state index contributed by atoms with van der Waals surface area (Å²) in [6.07, 6.45) is 9.08. The van der Waals surface area contributed by atoms with Crippen LogP contribution in [0.15, 0.2) is 42.0 Å². The van der Waals surface area contributed by atoms with Gasteiger partial charge in [-0.05, 0) is 5.56 Å². The minimum absolute atomic E-state index is 0. The fourth-order valence-corrected chi connectivity index (χ4v) is 1.79. The molecule has 1 aromatic carbocycles. The van der Waals surface area contributed by atoms with Crippen LogP contribution in [0.1, 0.15) is 31.7 Å². The first-order valence-corrected chi connectivity index (χ1v) is 5.26. The second-order valence-electron chi connectivity index (χ2n) is 3.66. The Morgan fingerprint density at radius 1 is 1.12 bits per heavy atom. The van der Waals surface area contributed by atoms with Gasteiger partial charge in [0.1, 0.15) is 0 Å². The van der Waals surface area contributed by atoms with E-state index in [4.69, 9.17) is 0 Å². The van der Waals surface area contributed by atoms with Crippen molar-refractivity contribution < 1.29 is 25.8 Å². The van der Waals surface area contributed by atoms with Crippen molar-refractivity contribution >= 4 is 30.4 Å². The number of allylic oxidation sites excluding steroid dienone is 4. The van der Waals surface area contributed by atoms with Crippen LogP contribution >= 0.6 is 24.8 Å². The predicted molar refractivity (Wildman–Crippen MR) is 75.2 cm³/mol. The first-order valence-electron chi connectivity index (χ1n) is 5.26. The van der Waals surface area contributed by atoms with Gasteiger partial charge in [0, 0.05) is 25.8 Å². The molecule has 0 saturated heterocycles. The van der Waals surface area contributed by atoms with E-state index in [1.54, 1.807) is 0 Å². The van der Waals surface area contributed by atoms with Gasteiger partial charge in [-0.3, -0.25) is 6.08 Å². The third-order valence-corrected chi connectivity index (χ3v) is 2.52. The third-order valence-electron chi connectivity index (χ3n) is 2.52. The standard InChI is InChI=1S/C14H15.2ClH.Hf/c1-2-6-12-9-10-14(11-12)13-7-4-3-5-8-13;;;/h3-5,7-8,11H,2,6,10H2,1H3;2*1H;/q-1;;;. The van der Waals surface area contributed by atoms with Crippen molar-refractivity contribution in [3.63, 3.8) is 0 Å². The minimum Gasteiger partial charge on any atom is -0.269 e. The Morgan fingerprint density at radius 2 is 1.76 bits per heavy atom. The largest absolute Gasteiger partial charge is 0.269 e. The summed E-state index contributed by atoms with van der Waals surface area (Å²) in [6, 6.07) is 10.6.